The quantitative estimate of drug-likeness (QED) is 0.241. The molecule has 0 aromatic heterocycles. The molecule has 1 saturated heterocycles. The molecule has 4 rings (SSSR count). The Balaban J connectivity index is 0.00000103. The summed E-state index contributed by atoms with van der Waals surface area (Å²) < 4.78 is 0. The summed E-state index contributed by atoms with van der Waals surface area (Å²) >= 11 is 0. The first-order valence-corrected chi connectivity index (χ1v) is 16.1. The summed E-state index contributed by atoms with van der Waals surface area (Å²) in [7, 11) is 0. The van der Waals surface area contributed by atoms with Crippen molar-refractivity contribution in [3.63, 3.8) is 0 Å². The minimum Gasteiger partial charge on any atom is -0.342 e. The zero-order chi connectivity index (χ0) is 28.8. The average Bonchev–Trinajstić information content (AvgIpc) is 3.18. The first-order chi connectivity index (χ1) is 19.4. The molecular formula is C36H56N4. The van der Waals surface area contributed by atoms with Gasteiger partial charge in [0.2, 0.25) is 0 Å². The minimum atomic E-state index is -0.0580. The minimum absolute atomic E-state index is 0.0580. The highest BCUT2D eigenvalue weighted by Gasteiger charge is 2.35. The van der Waals surface area contributed by atoms with E-state index in [0.717, 1.165) is 35.9 Å². The van der Waals surface area contributed by atoms with Crippen LogP contribution >= 0.6 is 0 Å². The van der Waals surface area contributed by atoms with Crippen molar-refractivity contribution in [3.05, 3.63) is 77.8 Å². The van der Waals surface area contributed by atoms with E-state index >= 15 is 0 Å². The molecule has 0 spiro atoms. The van der Waals surface area contributed by atoms with Crippen molar-refractivity contribution in [1.29, 1.82) is 0 Å². The van der Waals surface area contributed by atoms with Crippen LogP contribution in [0.2, 0.25) is 0 Å². The number of benzene rings is 1. The van der Waals surface area contributed by atoms with Gasteiger partial charge in [0.05, 0.1) is 6.04 Å². The predicted molar refractivity (Wildman–Crippen MR) is 175 cm³/mol. The molecule has 40 heavy (non-hydrogen) atoms. The Kier molecular flexibility index (Phi) is 13.3. The number of hydrogen-bond donors (Lipinski definition) is 2. The largest absolute Gasteiger partial charge is 0.342 e. The molecule has 2 fully saturated rings. The van der Waals surface area contributed by atoms with Crippen molar-refractivity contribution >= 4 is 11.9 Å². The lowest BCUT2D eigenvalue weighted by Gasteiger charge is -2.34. The highest BCUT2D eigenvalue weighted by molar-refractivity contribution is 5.95. The van der Waals surface area contributed by atoms with E-state index in [-0.39, 0.29) is 5.41 Å². The van der Waals surface area contributed by atoms with Crippen LogP contribution in [-0.2, 0) is 0 Å². The highest BCUT2D eigenvalue weighted by Crippen LogP contribution is 2.39. The molecule has 1 aliphatic carbocycles. The van der Waals surface area contributed by atoms with E-state index in [1.807, 2.05) is 12.1 Å². The molecule has 3 aliphatic rings. The fourth-order valence-electron chi connectivity index (χ4n) is 6.02. The molecule has 2 unspecified atom stereocenters. The van der Waals surface area contributed by atoms with Gasteiger partial charge < -0.3 is 15.5 Å². The average molecular weight is 545 g/mol. The normalized spacial score (nSPS) is 25.6. The van der Waals surface area contributed by atoms with Gasteiger partial charge in [-0.1, -0.05) is 109 Å². The Morgan fingerprint density at radius 1 is 1.05 bits per heavy atom. The van der Waals surface area contributed by atoms with Gasteiger partial charge in [-0.05, 0) is 82.0 Å². The zero-order valence-corrected chi connectivity index (χ0v) is 26.1. The number of allylic oxidation sites excluding steroid dienone is 3. The maximum atomic E-state index is 5.25. The molecule has 0 amide bonds. The summed E-state index contributed by atoms with van der Waals surface area (Å²) in [6, 6.07) is 11.5. The smallest absolute Gasteiger partial charge is 0.126 e. The second kappa shape index (κ2) is 16.6. The summed E-state index contributed by atoms with van der Waals surface area (Å²) in [5.74, 6) is 1.99. The summed E-state index contributed by atoms with van der Waals surface area (Å²) in [5.41, 5.74) is 3.46. The van der Waals surface area contributed by atoms with Crippen LogP contribution in [0.3, 0.4) is 0 Å². The predicted octanol–water partition coefficient (Wildman–Crippen LogP) is 9.00. The summed E-state index contributed by atoms with van der Waals surface area (Å²) in [6.07, 6.45) is 22.8. The zero-order valence-electron chi connectivity index (χ0n) is 26.1. The number of rotatable bonds is 9. The third-order valence-electron chi connectivity index (χ3n) is 8.81. The van der Waals surface area contributed by atoms with E-state index in [1.54, 1.807) is 0 Å². The number of likely N-dealkylation sites (tertiary alicyclic amines) is 1. The maximum Gasteiger partial charge on any atom is 0.126 e. The molecule has 4 heteroatoms. The number of aliphatic imine (C=N–C) groups is 1. The standard InChI is InChI=1S/C32H46N4.C4H10/c1-5-27(22-26-15-10-9-11-16-26)33-31-24-32(4,23-29-19-14-20-36(29)6-2)25(3)21-30(35-31)34-28-17-12-7-8-13-18-28;1-3-4-2/h5,9-11,15-16,21-22,24,28-29,33H,1,6-8,12-14,17-20,23H2,2-4H3,(H,34,35);3-4H2,1-2H3/b27-22+;. The van der Waals surface area contributed by atoms with Gasteiger partial charge in [0.1, 0.15) is 11.7 Å². The van der Waals surface area contributed by atoms with Crippen molar-refractivity contribution in [1.82, 2.24) is 15.5 Å². The van der Waals surface area contributed by atoms with E-state index in [1.165, 1.54) is 76.3 Å². The molecular weight excluding hydrogens is 488 g/mol. The number of nitrogens with one attached hydrogen (secondary N) is 2. The van der Waals surface area contributed by atoms with Gasteiger partial charge >= 0.3 is 0 Å². The monoisotopic (exact) mass is 544 g/mol. The summed E-state index contributed by atoms with van der Waals surface area (Å²) in [6.45, 7) is 17.8. The van der Waals surface area contributed by atoms with Gasteiger partial charge in [-0.15, -0.1) is 0 Å². The van der Waals surface area contributed by atoms with Gasteiger partial charge in [-0.3, -0.25) is 4.99 Å². The van der Waals surface area contributed by atoms with Crippen LogP contribution in [0.1, 0.15) is 111 Å². The van der Waals surface area contributed by atoms with Crippen LogP contribution in [0.4, 0.5) is 0 Å². The highest BCUT2D eigenvalue weighted by atomic mass is 15.2. The lowest BCUT2D eigenvalue weighted by Crippen LogP contribution is -2.35. The Labute approximate surface area is 245 Å². The van der Waals surface area contributed by atoms with Crippen LogP contribution in [-0.4, -0.2) is 35.9 Å². The molecule has 2 aliphatic heterocycles. The van der Waals surface area contributed by atoms with Crippen LogP contribution in [0.25, 0.3) is 6.08 Å². The fraction of sp³-hybridized carbons (Fsp3) is 0.583. The molecule has 1 saturated carbocycles. The molecule has 1 aromatic carbocycles. The molecule has 220 valence electrons. The maximum absolute atomic E-state index is 5.25. The van der Waals surface area contributed by atoms with Crippen molar-refractivity contribution in [2.75, 3.05) is 13.1 Å². The van der Waals surface area contributed by atoms with Crippen LogP contribution in [0, 0.1) is 5.41 Å². The second-order valence-corrected chi connectivity index (χ2v) is 12.1. The molecule has 1 aromatic rings. The van der Waals surface area contributed by atoms with E-state index in [2.05, 4.69) is 99.2 Å². The van der Waals surface area contributed by atoms with Gasteiger partial charge in [-0.25, -0.2) is 0 Å². The third-order valence-corrected chi connectivity index (χ3v) is 8.81. The first-order valence-electron chi connectivity index (χ1n) is 16.1. The topological polar surface area (TPSA) is 39.7 Å². The van der Waals surface area contributed by atoms with Crippen molar-refractivity contribution < 1.29 is 0 Å². The lowest BCUT2D eigenvalue weighted by molar-refractivity contribution is 0.219. The van der Waals surface area contributed by atoms with E-state index in [0.29, 0.717) is 12.1 Å². The summed E-state index contributed by atoms with van der Waals surface area (Å²) in [5, 5.41) is 7.36. The number of unbranched alkanes of at least 4 members (excludes halogenated alkanes) is 1. The first kappa shape index (κ1) is 31.9. The van der Waals surface area contributed by atoms with Gasteiger partial charge in [0.15, 0.2) is 0 Å². The van der Waals surface area contributed by atoms with Crippen LogP contribution in [0.5, 0.6) is 0 Å². The molecule has 2 N–H and O–H groups in total. The third kappa shape index (κ3) is 9.80. The van der Waals surface area contributed by atoms with Crippen molar-refractivity contribution in [3.8, 4) is 0 Å². The van der Waals surface area contributed by atoms with Crippen LogP contribution < -0.4 is 10.6 Å². The van der Waals surface area contributed by atoms with Crippen LogP contribution in [0.15, 0.2) is 77.2 Å². The SMILES string of the molecule is C=C/C(=C\c1ccccc1)NC1=CC(C)(CC2CCCN2CC)C(C)=CC(=NC2CCCCCC2)N1.CCCC. The Bertz CT molecular complexity index is 1020. The van der Waals surface area contributed by atoms with Gasteiger partial charge in [-0.2, -0.15) is 0 Å². The van der Waals surface area contributed by atoms with Gasteiger partial charge in [0, 0.05) is 17.2 Å². The Hall–Kier alpha value is -2.59. The molecule has 4 nitrogen and oxygen atoms in total. The molecule has 2 heterocycles. The van der Waals surface area contributed by atoms with Crippen molar-refractivity contribution in [2.45, 2.75) is 117 Å². The molecule has 0 bridgehead atoms. The Morgan fingerprint density at radius 2 is 1.75 bits per heavy atom. The Morgan fingerprint density at radius 3 is 2.38 bits per heavy atom. The summed E-state index contributed by atoms with van der Waals surface area (Å²) in [4.78, 5) is 7.91. The molecule has 2 atom stereocenters. The fourth-order valence-corrected chi connectivity index (χ4v) is 6.02. The second-order valence-electron chi connectivity index (χ2n) is 12.1. The van der Waals surface area contributed by atoms with Crippen molar-refractivity contribution in [2.24, 2.45) is 10.4 Å². The van der Waals surface area contributed by atoms with E-state index in [4.69, 9.17) is 4.99 Å². The van der Waals surface area contributed by atoms with E-state index < -0.39 is 0 Å². The molecule has 0 radical (unpaired) electrons. The van der Waals surface area contributed by atoms with Gasteiger partial charge in [0.25, 0.3) is 0 Å². The number of amidine groups is 1. The number of nitrogens with zero attached hydrogens (tertiary/aromatic N) is 2. The van der Waals surface area contributed by atoms with E-state index in [9.17, 15) is 0 Å². The number of hydrogen-bond acceptors (Lipinski definition) is 3. The lowest BCUT2D eigenvalue weighted by atomic mass is 9.76.